The van der Waals surface area contributed by atoms with Crippen LogP contribution < -0.4 is 5.32 Å². The number of rotatable bonds is 3. The maximum Gasteiger partial charge on any atom is 0.145 e. The van der Waals surface area contributed by atoms with E-state index in [1.165, 1.54) is 12.1 Å². The summed E-state index contributed by atoms with van der Waals surface area (Å²) in [5.41, 5.74) is 1.88. The van der Waals surface area contributed by atoms with Gasteiger partial charge in [0, 0.05) is 22.3 Å². The maximum absolute atomic E-state index is 13.8. The van der Waals surface area contributed by atoms with Crippen molar-refractivity contribution in [3.05, 3.63) is 62.0 Å². The van der Waals surface area contributed by atoms with Crippen LogP contribution in [-0.4, -0.2) is 0 Å². The van der Waals surface area contributed by atoms with Crippen LogP contribution in [0.5, 0.6) is 0 Å². The average molecular weight is 391 g/mol. The van der Waals surface area contributed by atoms with Crippen molar-refractivity contribution in [1.82, 2.24) is 0 Å². The van der Waals surface area contributed by atoms with Crippen LogP contribution in [0.15, 0.2) is 39.3 Å². The second-order valence-electron chi connectivity index (χ2n) is 4.13. The first kappa shape index (κ1) is 14.5. The van der Waals surface area contributed by atoms with Crippen LogP contribution in [0.4, 0.5) is 14.5 Å². The summed E-state index contributed by atoms with van der Waals surface area (Å²) >= 11 is 6.42. The Labute approximate surface area is 127 Å². The second kappa shape index (κ2) is 6.01. The Morgan fingerprint density at radius 1 is 1.11 bits per heavy atom. The summed E-state index contributed by atoms with van der Waals surface area (Å²) < 4.78 is 28.6. The van der Waals surface area contributed by atoms with Gasteiger partial charge in [-0.05, 0) is 52.7 Å². The predicted molar refractivity (Wildman–Crippen MR) is 80.3 cm³/mol. The first-order valence-corrected chi connectivity index (χ1v) is 7.20. The molecule has 0 aliphatic rings. The third-order valence-electron chi connectivity index (χ3n) is 2.79. The summed E-state index contributed by atoms with van der Waals surface area (Å²) in [5, 5.41) is 3.05. The average Bonchev–Trinajstić information content (AvgIpc) is 2.38. The molecule has 2 aromatic carbocycles. The van der Waals surface area contributed by atoms with Gasteiger partial charge in [0.1, 0.15) is 11.6 Å². The van der Waals surface area contributed by atoms with Gasteiger partial charge in [-0.3, -0.25) is 0 Å². The molecule has 0 atom stereocenters. The van der Waals surface area contributed by atoms with E-state index in [1.807, 2.05) is 25.1 Å². The zero-order valence-electron chi connectivity index (χ0n) is 10.1. The fraction of sp³-hybridized carbons (Fsp3) is 0.143. The molecule has 2 aromatic rings. The first-order valence-electron chi connectivity index (χ1n) is 5.61. The smallest absolute Gasteiger partial charge is 0.145 e. The molecule has 2 rings (SSSR count). The molecule has 0 aliphatic carbocycles. The Balaban J connectivity index is 2.24. The van der Waals surface area contributed by atoms with Crippen molar-refractivity contribution >= 4 is 37.5 Å². The van der Waals surface area contributed by atoms with Crippen LogP contribution >= 0.6 is 31.9 Å². The molecule has 0 unspecified atom stereocenters. The third kappa shape index (κ3) is 3.34. The van der Waals surface area contributed by atoms with Crippen molar-refractivity contribution in [2.24, 2.45) is 0 Å². The molecule has 0 bridgehead atoms. The Morgan fingerprint density at radius 3 is 2.58 bits per heavy atom. The lowest BCUT2D eigenvalue weighted by Crippen LogP contribution is -2.06. The molecule has 0 saturated heterocycles. The molecule has 0 heterocycles. The largest absolute Gasteiger partial charge is 0.380 e. The number of nitrogens with one attached hydrogen (secondary N) is 1. The van der Waals surface area contributed by atoms with E-state index in [2.05, 4.69) is 37.2 Å². The summed E-state index contributed by atoms with van der Waals surface area (Å²) in [5.74, 6) is -1.12. The fourth-order valence-corrected chi connectivity index (χ4v) is 2.43. The highest BCUT2D eigenvalue weighted by Gasteiger charge is 2.12. The summed E-state index contributed by atoms with van der Waals surface area (Å²) in [4.78, 5) is 0. The SMILES string of the molecule is Cc1ccc(Br)cc1NCc1c(F)ccc(Br)c1F. The summed E-state index contributed by atoms with van der Waals surface area (Å²) in [6, 6.07) is 8.33. The summed E-state index contributed by atoms with van der Waals surface area (Å²) in [6.07, 6.45) is 0. The van der Waals surface area contributed by atoms with Crippen molar-refractivity contribution in [1.29, 1.82) is 0 Å². The van der Waals surface area contributed by atoms with Crippen molar-refractivity contribution in [3.8, 4) is 0 Å². The number of hydrogen-bond donors (Lipinski definition) is 1. The Bertz CT molecular complexity index is 615. The Morgan fingerprint density at radius 2 is 1.84 bits per heavy atom. The zero-order valence-corrected chi connectivity index (χ0v) is 13.3. The van der Waals surface area contributed by atoms with Gasteiger partial charge >= 0.3 is 0 Å². The number of halogens is 4. The fourth-order valence-electron chi connectivity index (χ4n) is 1.70. The lowest BCUT2D eigenvalue weighted by molar-refractivity contribution is 0.555. The van der Waals surface area contributed by atoms with E-state index < -0.39 is 11.6 Å². The zero-order chi connectivity index (χ0) is 14.0. The summed E-state index contributed by atoms with van der Waals surface area (Å²) in [7, 11) is 0. The van der Waals surface area contributed by atoms with E-state index in [1.54, 1.807) is 0 Å². The highest BCUT2D eigenvalue weighted by atomic mass is 79.9. The van der Waals surface area contributed by atoms with E-state index in [0.29, 0.717) is 0 Å². The molecule has 0 aliphatic heterocycles. The Kier molecular flexibility index (Phi) is 4.58. The minimum atomic E-state index is -0.569. The lowest BCUT2D eigenvalue weighted by Gasteiger charge is -2.12. The molecule has 1 N–H and O–H groups in total. The molecular formula is C14H11Br2F2N. The van der Waals surface area contributed by atoms with Gasteiger partial charge in [-0.15, -0.1) is 0 Å². The van der Waals surface area contributed by atoms with Crippen molar-refractivity contribution < 1.29 is 8.78 Å². The van der Waals surface area contributed by atoms with Crippen LogP contribution in [0.1, 0.15) is 11.1 Å². The van der Waals surface area contributed by atoms with E-state index >= 15 is 0 Å². The van der Waals surface area contributed by atoms with Crippen LogP contribution in [0.2, 0.25) is 0 Å². The van der Waals surface area contributed by atoms with Crippen LogP contribution in [0, 0.1) is 18.6 Å². The van der Waals surface area contributed by atoms with E-state index in [0.717, 1.165) is 15.7 Å². The van der Waals surface area contributed by atoms with Gasteiger partial charge in [0.2, 0.25) is 0 Å². The van der Waals surface area contributed by atoms with Crippen LogP contribution in [-0.2, 0) is 6.54 Å². The topological polar surface area (TPSA) is 12.0 Å². The molecule has 0 saturated carbocycles. The van der Waals surface area contributed by atoms with E-state index in [-0.39, 0.29) is 16.6 Å². The molecule has 0 fully saturated rings. The number of aryl methyl sites for hydroxylation is 1. The van der Waals surface area contributed by atoms with Crippen molar-refractivity contribution in [3.63, 3.8) is 0 Å². The van der Waals surface area contributed by atoms with E-state index in [4.69, 9.17) is 0 Å². The van der Waals surface area contributed by atoms with Gasteiger partial charge in [-0.2, -0.15) is 0 Å². The molecule has 100 valence electrons. The van der Waals surface area contributed by atoms with Gasteiger partial charge in [0.25, 0.3) is 0 Å². The van der Waals surface area contributed by atoms with Crippen molar-refractivity contribution in [2.45, 2.75) is 13.5 Å². The first-order chi connectivity index (χ1) is 8.99. The molecule has 19 heavy (non-hydrogen) atoms. The quantitative estimate of drug-likeness (QED) is 0.691. The Hall–Kier alpha value is -0.940. The highest BCUT2D eigenvalue weighted by molar-refractivity contribution is 9.10. The highest BCUT2D eigenvalue weighted by Crippen LogP contribution is 2.25. The van der Waals surface area contributed by atoms with Crippen LogP contribution in [0.25, 0.3) is 0 Å². The molecule has 5 heteroatoms. The van der Waals surface area contributed by atoms with E-state index in [9.17, 15) is 8.78 Å². The second-order valence-corrected chi connectivity index (χ2v) is 5.90. The summed E-state index contributed by atoms with van der Waals surface area (Å²) in [6.45, 7) is 2.02. The monoisotopic (exact) mass is 389 g/mol. The molecule has 0 spiro atoms. The lowest BCUT2D eigenvalue weighted by atomic mass is 10.1. The minimum absolute atomic E-state index is 0.0220. The number of benzene rings is 2. The maximum atomic E-state index is 13.8. The van der Waals surface area contributed by atoms with Gasteiger partial charge in [0.15, 0.2) is 0 Å². The number of hydrogen-bond acceptors (Lipinski definition) is 1. The molecular weight excluding hydrogens is 380 g/mol. The molecule has 0 radical (unpaired) electrons. The molecule has 0 amide bonds. The standard InChI is InChI=1S/C14H11Br2F2N/c1-8-2-3-9(15)6-13(8)19-7-10-12(17)5-4-11(16)14(10)18/h2-6,19H,7H2,1H3. The molecule has 1 nitrogen and oxygen atoms in total. The van der Waals surface area contributed by atoms with Crippen LogP contribution in [0.3, 0.4) is 0 Å². The molecule has 0 aromatic heterocycles. The normalized spacial score (nSPS) is 10.6. The van der Waals surface area contributed by atoms with Crippen molar-refractivity contribution in [2.75, 3.05) is 5.32 Å². The van der Waals surface area contributed by atoms with Gasteiger partial charge in [0.05, 0.1) is 4.47 Å². The van der Waals surface area contributed by atoms with Gasteiger partial charge in [-0.25, -0.2) is 8.78 Å². The van der Waals surface area contributed by atoms with Gasteiger partial charge in [-0.1, -0.05) is 22.0 Å². The third-order valence-corrected chi connectivity index (χ3v) is 3.90. The predicted octanol–water partition coefficient (Wildman–Crippen LogP) is 5.41. The number of anilines is 1. The minimum Gasteiger partial charge on any atom is -0.380 e. The van der Waals surface area contributed by atoms with Gasteiger partial charge < -0.3 is 5.32 Å².